The highest BCUT2D eigenvalue weighted by molar-refractivity contribution is 7.91. The maximum absolute atomic E-state index is 12.7. The number of halogens is 1. The number of amides is 1. The van der Waals surface area contributed by atoms with Gasteiger partial charge < -0.3 is 14.6 Å². The predicted molar refractivity (Wildman–Crippen MR) is 101 cm³/mol. The van der Waals surface area contributed by atoms with Crippen molar-refractivity contribution in [2.75, 3.05) is 24.3 Å². The topological polar surface area (TPSA) is 77.4 Å². The molecule has 0 saturated carbocycles. The van der Waals surface area contributed by atoms with Crippen LogP contribution in [0.1, 0.15) is 23.0 Å². The molecule has 26 heavy (non-hydrogen) atoms. The molecule has 6 nitrogen and oxygen atoms in total. The van der Waals surface area contributed by atoms with Crippen molar-refractivity contribution in [2.24, 2.45) is 12.5 Å². The Kier molecular flexibility index (Phi) is 4.90. The van der Waals surface area contributed by atoms with Gasteiger partial charge in [-0.2, -0.15) is 0 Å². The first-order valence-corrected chi connectivity index (χ1v) is 10.2. The molecule has 2 aromatic rings. The Bertz CT molecular complexity index is 962. The molecule has 0 spiro atoms. The van der Waals surface area contributed by atoms with Crippen LogP contribution in [0.15, 0.2) is 35.4 Å². The Morgan fingerprint density at radius 1 is 1.35 bits per heavy atom. The van der Waals surface area contributed by atoms with Crippen molar-refractivity contribution in [3.05, 3.63) is 46.7 Å². The van der Waals surface area contributed by atoms with Gasteiger partial charge in [0.05, 0.1) is 23.9 Å². The van der Waals surface area contributed by atoms with Crippen LogP contribution < -0.4 is 5.32 Å². The summed E-state index contributed by atoms with van der Waals surface area (Å²) in [5.74, 6) is -0.379. The SMILES string of the molecule is Cc1cc(NC(=O)c2cc(S(=O)(=O)CC3(C)COC3)cn2C)ccc1Cl. The number of sulfone groups is 1. The fourth-order valence-corrected chi connectivity index (χ4v) is 4.90. The maximum atomic E-state index is 12.7. The molecule has 3 rings (SSSR count). The van der Waals surface area contributed by atoms with E-state index in [2.05, 4.69) is 5.32 Å². The molecule has 1 fully saturated rings. The lowest BCUT2D eigenvalue weighted by molar-refractivity contribution is -0.0870. The second kappa shape index (κ2) is 6.72. The van der Waals surface area contributed by atoms with E-state index in [0.717, 1.165) is 5.56 Å². The number of carbonyl (C=O) groups is 1. The van der Waals surface area contributed by atoms with Crippen LogP contribution in [0, 0.1) is 12.3 Å². The van der Waals surface area contributed by atoms with Crippen LogP contribution in [-0.4, -0.2) is 37.9 Å². The van der Waals surface area contributed by atoms with E-state index in [4.69, 9.17) is 16.3 Å². The molecule has 0 aliphatic carbocycles. The van der Waals surface area contributed by atoms with E-state index < -0.39 is 9.84 Å². The molecule has 0 radical (unpaired) electrons. The van der Waals surface area contributed by atoms with E-state index in [0.29, 0.717) is 23.9 Å². The summed E-state index contributed by atoms with van der Waals surface area (Å²) in [6.07, 6.45) is 1.47. The number of benzene rings is 1. The molecule has 1 aromatic carbocycles. The zero-order valence-corrected chi connectivity index (χ0v) is 16.4. The third-order valence-electron chi connectivity index (χ3n) is 4.43. The van der Waals surface area contributed by atoms with Crippen LogP contribution in [0.25, 0.3) is 0 Å². The fourth-order valence-electron chi connectivity index (χ4n) is 2.92. The molecule has 140 valence electrons. The second-order valence-electron chi connectivity index (χ2n) is 7.15. The Hall–Kier alpha value is -1.83. The predicted octanol–water partition coefficient (Wildman–Crippen LogP) is 3.05. The fraction of sp³-hybridized carbons (Fsp3) is 0.389. The van der Waals surface area contributed by atoms with Crippen molar-refractivity contribution < 1.29 is 17.9 Å². The highest BCUT2D eigenvalue weighted by atomic mass is 35.5. The minimum atomic E-state index is -3.50. The van der Waals surface area contributed by atoms with Gasteiger partial charge in [0.1, 0.15) is 5.69 Å². The molecule has 1 aromatic heterocycles. The quantitative estimate of drug-likeness (QED) is 0.842. The molecule has 0 atom stereocenters. The highest BCUT2D eigenvalue weighted by Gasteiger charge is 2.39. The number of hydrogen-bond donors (Lipinski definition) is 1. The lowest BCUT2D eigenvalue weighted by Crippen LogP contribution is -2.45. The molecule has 1 N–H and O–H groups in total. The first kappa shape index (κ1) is 18.9. The van der Waals surface area contributed by atoms with Gasteiger partial charge in [0, 0.05) is 29.4 Å². The molecular weight excluding hydrogens is 376 g/mol. The first-order chi connectivity index (χ1) is 12.1. The van der Waals surface area contributed by atoms with Crippen molar-refractivity contribution in [1.82, 2.24) is 4.57 Å². The van der Waals surface area contributed by atoms with E-state index in [-0.39, 0.29) is 27.7 Å². The van der Waals surface area contributed by atoms with Gasteiger partial charge in [-0.25, -0.2) is 8.42 Å². The number of carbonyl (C=O) groups excluding carboxylic acids is 1. The molecule has 8 heteroatoms. The van der Waals surface area contributed by atoms with E-state index in [9.17, 15) is 13.2 Å². The Labute approximate surface area is 158 Å². The molecule has 1 saturated heterocycles. The van der Waals surface area contributed by atoms with Gasteiger partial charge in [-0.15, -0.1) is 0 Å². The molecule has 0 bridgehead atoms. The van der Waals surface area contributed by atoms with Gasteiger partial charge in [0.2, 0.25) is 0 Å². The van der Waals surface area contributed by atoms with Crippen LogP contribution in [0.2, 0.25) is 5.02 Å². The normalized spacial score (nSPS) is 16.2. The minimum absolute atomic E-state index is 0.00144. The summed E-state index contributed by atoms with van der Waals surface area (Å²) in [6, 6.07) is 6.58. The summed E-state index contributed by atoms with van der Waals surface area (Å²) < 4.78 is 32.0. The van der Waals surface area contributed by atoms with E-state index >= 15 is 0 Å². The van der Waals surface area contributed by atoms with Crippen molar-refractivity contribution in [1.29, 1.82) is 0 Å². The average Bonchev–Trinajstić information content (AvgIpc) is 2.92. The molecule has 1 amide bonds. The van der Waals surface area contributed by atoms with E-state index in [1.807, 2.05) is 13.8 Å². The number of ether oxygens (including phenoxy) is 1. The molecular formula is C18H21ClN2O4S. The van der Waals surface area contributed by atoms with Gasteiger partial charge in [-0.05, 0) is 36.8 Å². The van der Waals surface area contributed by atoms with Crippen molar-refractivity contribution in [3.8, 4) is 0 Å². The Morgan fingerprint density at radius 2 is 2.04 bits per heavy atom. The highest BCUT2D eigenvalue weighted by Crippen LogP contribution is 2.31. The number of aromatic nitrogens is 1. The smallest absolute Gasteiger partial charge is 0.272 e. The summed E-state index contributed by atoms with van der Waals surface area (Å²) in [4.78, 5) is 12.7. The number of anilines is 1. The van der Waals surface area contributed by atoms with Gasteiger partial charge in [-0.1, -0.05) is 18.5 Å². The van der Waals surface area contributed by atoms with Crippen LogP contribution in [0.5, 0.6) is 0 Å². The summed E-state index contributed by atoms with van der Waals surface area (Å²) in [5, 5.41) is 3.38. The van der Waals surface area contributed by atoms with Crippen LogP contribution in [-0.2, 0) is 21.6 Å². The van der Waals surface area contributed by atoms with Crippen LogP contribution in [0.4, 0.5) is 5.69 Å². The summed E-state index contributed by atoms with van der Waals surface area (Å²) in [5.41, 5.74) is 1.35. The summed E-state index contributed by atoms with van der Waals surface area (Å²) in [7, 11) is -1.85. The summed E-state index contributed by atoms with van der Waals surface area (Å²) >= 11 is 5.99. The van der Waals surface area contributed by atoms with Crippen molar-refractivity contribution >= 4 is 33.0 Å². The lowest BCUT2D eigenvalue weighted by atomic mass is 9.92. The van der Waals surface area contributed by atoms with Crippen LogP contribution in [0.3, 0.4) is 0 Å². The molecule has 1 aliphatic rings. The third-order valence-corrected chi connectivity index (χ3v) is 6.87. The van der Waals surface area contributed by atoms with Crippen molar-refractivity contribution in [2.45, 2.75) is 18.7 Å². The van der Waals surface area contributed by atoms with Crippen LogP contribution >= 0.6 is 11.6 Å². The number of hydrogen-bond acceptors (Lipinski definition) is 4. The monoisotopic (exact) mass is 396 g/mol. The second-order valence-corrected chi connectivity index (χ2v) is 9.55. The standard InChI is InChI=1S/C18H21ClN2O4S/c1-12-6-13(4-5-15(12)19)20-17(22)16-7-14(8-21(16)3)26(23,24)11-18(2)9-25-10-18/h4-8H,9-11H2,1-3H3,(H,20,22). The van der Waals surface area contributed by atoms with E-state index in [1.165, 1.54) is 16.8 Å². The third kappa shape index (κ3) is 3.79. The van der Waals surface area contributed by atoms with Crippen molar-refractivity contribution in [3.63, 3.8) is 0 Å². The Balaban J connectivity index is 1.80. The maximum Gasteiger partial charge on any atom is 0.272 e. The molecule has 0 unspecified atom stereocenters. The van der Waals surface area contributed by atoms with Gasteiger partial charge in [0.15, 0.2) is 9.84 Å². The van der Waals surface area contributed by atoms with Gasteiger partial charge >= 0.3 is 0 Å². The number of aryl methyl sites for hydroxylation is 2. The number of nitrogens with zero attached hydrogens (tertiary/aromatic N) is 1. The van der Waals surface area contributed by atoms with Gasteiger partial charge in [-0.3, -0.25) is 4.79 Å². The number of rotatable bonds is 5. The average molecular weight is 397 g/mol. The zero-order chi connectivity index (χ0) is 19.1. The molecule has 1 aliphatic heterocycles. The molecule has 2 heterocycles. The Morgan fingerprint density at radius 3 is 2.62 bits per heavy atom. The van der Waals surface area contributed by atoms with Gasteiger partial charge in [0.25, 0.3) is 5.91 Å². The zero-order valence-electron chi connectivity index (χ0n) is 14.9. The number of nitrogens with one attached hydrogen (secondary N) is 1. The van der Waals surface area contributed by atoms with E-state index in [1.54, 1.807) is 25.2 Å². The first-order valence-electron chi connectivity index (χ1n) is 8.14. The largest absolute Gasteiger partial charge is 0.380 e. The minimum Gasteiger partial charge on any atom is -0.380 e. The summed E-state index contributed by atoms with van der Waals surface area (Å²) in [6.45, 7) is 4.59. The lowest BCUT2D eigenvalue weighted by Gasteiger charge is -2.37.